The normalized spacial score (nSPS) is 11.7. The zero-order chi connectivity index (χ0) is 15.0. The summed E-state index contributed by atoms with van der Waals surface area (Å²) in [5, 5.41) is 6.51. The van der Waals surface area contributed by atoms with Gasteiger partial charge in [0.2, 0.25) is 0 Å². The third kappa shape index (κ3) is 4.72. The van der Waals surface area contributed by atoms with E-state index in [1.807, 2.05) is 6.92 Å². The minimum absolute atomic E-state index is 0.0427. The first-order valence-corrected chi connectivity index (χ1v) is 7.17. The maximum absolute atomic E-state index is 12.1. The van der Waals surface area contributed by atoms with Crippen LogP contribution in [0.4, 0.5) is 10.9 Å². The van der Waals surface area contributed by atoms with Crippen LogP contribution >= 0.6 is 11.3 Å². The molecule has 0 aliphatic carbocycles. The second kappa shape index (κ2) is 8.40. The van der Waals surface area contributed by atoms with Crippen molar-refractivity contribution in [3.8, 4) is 12.3 Å². The molecule has 0 saturated heterocycles. The van der Waals surface area contributed by atoms with Crippen LogP contribution < -0.4 is 16.4 Å². The molecule has 0 bridgehead atoms. The summed E-state index contributed by atoms with van der Waals surface area (Å²) in [6.07, 6.45) is 6.54. The molecule has 1 amide bonds. The van der Waals surface area contributed by atoms with Crippen molar-refractivity contribution in [3.63, 3.8) is 0 Å². The molecule has 0 fully saturated rings. The summed E-state index contributed by atoms with van der Waals surface area (Å²) in [4.78, 5) is 16.6. The van der Waals surface area contributed by atoms with E-state index in [-0.39, 0.29) is 17.8 Å². The Kier molecular flexibility index (Phi) is 6.84. The molecule has 0 radical (unpaired) electrons. The summed E-state index contributed by atoms with van der Waals surface area (Å²) in [7, 11) is 1.62. The van der Waals surface area contributed by atoms with E-state index in [1.165, 1.54) is 11.3 Å². The third-order valence-corrected chi connectivity index (χ3v) is 3.66. The lowest BCUT2D eigenvalue weighted by Gasteiger charge is -2.13. The average molecular weight is 296 g/mol. The van der Waals surface area contributed by atoms with E-state index in [0.29, 0.717) is 29.6 Å². The molecule has 6 nitrogen and oxygen atoms in total. The van der Waals surface area contributed by atoms with Crippen LogP contribution in [-0.4, -0.2) is 37.2 Å². The summed E-state index contributed by atoms with van der Waals surface area (Å²) >= 11 is 1.22. The molecule has 0 aliphatic heterocycles. The molecule has 0 aliphatic rings. The van der Waals surface area contributed by atoms with Crippen molar-refractivity contribution < 1.29 is 9.53 Å². The van der Waals surface area contributed by atoms with Gasteiger partial charge in [-0.2, -0.15) is 0 Å². The SMILES string of the molecule is C#CCC(CC)NC(=O)c1sc(NCCOC)nc1N. The van der Waals surface area contributed by atoms with Crippen molar-refractivity contribution >= 4 is 28.2 Å². The number of thiazole rings is 1. The van der Waals surface area contributed by atoms with Gasteiger partial charge in [0.1, 0.15) is 10.7 Å². The Labute approximate surface area is 123 Å². The van der Waals surface area contributed by atoms with Gasteiger partial charge >= 0.3 is 0 Å². The summed E-state index contributed by atoms with van der Waals surface area (Å²) in [6, 6.07) is -0.0427. The van der Waals surface area contributed by atoms with Gasteiger partial charge in [-0.25, -0.2) is 4.98 Å². The average Bonchev–Trinajstić information content (AvgIpc) is 2.79. The van der Waals surface area contributed by atoms with E-state index in [4.69, 9.17) is 16.9 Å². The summed E-state index contributed by atoms with van der Waals surface area (Å²) in [5.74, 6) is 2.54. The maximum atomic E-state index is 12.1. The van der Waals surface area contributed by atoms with Crippen molar-refractivity contribution in [1.82, 2.24) is 10.3 Å². The Morgan fingerprint density at radius 2 is 2.40 bits per heavy atom. The number of nitrogens with zero attached hydrogens (tertiary/aromatic N) is 1. The van der Waals surface area contributed by atoms with Gasteiger partial charge in [-0.3, -0.25) is 4.79 Å². The van der Waals surface area contributed by atoms with E-state index in [2.05, 4.69) is 21.5 Å². The van der Waals surface area contributed by atoms with Gasteiger partial charge in [-0.1, -0.05) is 18.3 Å². The van der Waals surface area contributed by atoms with Crippen LogP contribution in [0.1, 0.15) is 29.4 Å². The predicted octanol–water partition coefficient (Wildman–Crippen LogP) is 1.32. The fraction of sp³-hybridized carbons (Fsp3) is 0.538. The standard InChI is InChI=1S/C13H20N4O2S/c1-4-6-9(5-2)16-12(18)10-11(14)17-13(20-10)15-7-8-19-3/h1,9H,5-8,14H2,2-3H3,(H,15,17)(H,16,18). The second-order valence-electron chi connectivity index (χ2n) is 4.14. The number of rotatable bonds is 8. The molecule has 0 saturated carbocycles. The van der Waals surface area contributed by atoms with Gasteiger partial charge in [-0.15, -0.1) is 12.3 Å². The van der Waals surface area contributed by atoms with Crippen LogP contribution in [-0.2, 0) is 4.74 Å². The maximum Gasteiger partial charge on any atom is 0.265 e. The number of anilines is 2. The summed E-state index contributed by atoms with van der Waals surface area (Å²) in [5.41, 5.74) is 5.76. The second-order valence-corrected chi connectivity index (χ2v) is 5.14. The van der Waals surface area contributed by atoms with Gasteiger partial charge in [0, 0.05) is 26.1 Å². The van der Waals surface area contributed by atoms with Crippen molar-refractivity contribution in [3.05, 3.63) is 4.88 Å². The number of hydrogen-bond donors (Lipinski definition) is 3. The first-order chi connectivity index (χ1) is 9.62. The fourth-order valence-electron chi connectivity index (χ4n) is 1.52. The number of nitrogens with one attached hydrogen (secondary N) is 2. The molecule has 0 spiro atoms. The van der Waals surface area contributed by atoms with E-state index in [1.54, 1.807) is 7.11 Å². The molecule has 1 aromatic heterocycles. The third-order valence-electron chi connectivity index (χ3n) is 2.63. The fourth-order valence-corrected chi connectivity index (χ4v) is 2.33. The van der Waals surface area contributed by atoms with Gasteiger partial charge in [0.15, 0.2) is 5.13 Å². The Morgan fingerprint density at radius 3 is 3.00 bits per heavy atom. The molecule has 110 valence electrons. The Morgan fingerprint density at radius 1 is 1.65 bits per heavy atom. The van der Waals surface area contributed by atoms with Crippen molar-refractivity contribution in [2.75, 3.05) is 31.3 Å². The Balaban J connectivity index is 2.66. The molecule has 1 aromatic rings. The number of hydrogen-bond acceptors (Lipinski definition) is 6. The number of carbonyl (C=O) groups excluding carboxylic acids is 1. The van der Waals surface area contributed by atoms with Crippen LogP contribution in [0.3, 0.4) is 0 Å². The highest BCUT2D eigenvalue weighted by Gasteiger charge is 2.18. The van der Waals surface area contributed by atoms with Gasteiger partial charge in [0.05, 0.1) is 6.61 Å². The molecular formula is C13H20N4O2S. The molecule has 1 atom stereocenters. The predicted molar refractivity (Wildman–Crippen MR) is 81.9 cm³/mol. The highest BCUT2D eigenvalue weighted by atomic mass is 32.1. The van der Waals surface area contributed by atoms with Crippen LogP contribution in [0, 0.1) is 12.3 Å². The Hall–Kier alpha value is -1.78. The molecule has 4 N–H and O–H groups in total. The molecule has 1 rings (SSSR count). The molecule has 1 unspecified atom stereocenters. The molecular weight excluding hydrogens is 276 g/mol. The van der Waals surface area contributed by atoms with Gasteiger partial charge in [-0.05, 0) is 6.42 Å². The summed E-state index contributed by atoms with van der Waals surface area (Å²) < 4.78 is 4.93. The molecule has 0 aromatic carbocycles. The van der Waals surface area contributed by atoms with Crippen LogP contribution in [0.5, 0.6) is 0 Å². The molecule has 20 heavy (non-hydrogen) atoms. The van der Waals surface area contributed by atoms with E-state index >= 15 is 0 Å². The van der Waals surface area contributed by atoms with Crippen LogP contribution in [0.25, 0.3) is 0 Å². The number of amides is 1. The zero-order valence-corrected chi connectivity index (χ0v) is 12.5. The van der Waals surface area contributed by atoms with Gasteiger partial charge in [0.25, 0.3) is 5.91 Å². The molecule has 1 heterocycles. The van der Waals surface area contributed by atoms with Crippen molar-refractivity contribution in [2.24, 2.45) is 0 Å². The number of ether oxygens (including phenoxy) is 1. The minimum Gasteiger partial charge on any atom is -0.383 e. The Bertz CT molecular complexity index is 481. The highest BCUT2D eigenvalue weighted by Crippen LogP contribution is 2.24. The number of nitrogens with two attached hydrogens (primary N) is 1. The first-order valence-electron chi connectivity index (χ1n) is 6.35. The number of terminal acetylenes is 1. The summed E-state index contributed by atoms with van der Waals surface area (Å²) in [6.45, 7) is 3.14. The van der Waals surface area contributed by atoms with E-state index in [0.717, 1.165) is 6.42 Å². The van der Waals surface area contributed by atoms with E-state index < -0.39 is 0 Å². The smallest absolute Gasteiger partial charge is 0.265 e. The zero-order valence-electron chi connectivity index (χ0n) is 11.7. The lowest BCUT2D eigenvalue weighted by molar-refractivity contribution is 0.0941. The number of aromatic nitrogens is 1. The number of carbonyl (C=O) groups is 1. The largest absolute Gasteiger partial charge is 0.383 e. The topological polar surface area (TPSA) is 89.3 Å². The van der Waals surface area contributed by atoms with E-state index in [9.17, 15) is 4.79 Å². The van der Waals surface area contributed by atoms with Crippen LogP contribution in [0.2, 0.25) is 0 Å². The first kappa shape index (κ1) is 16.3. The van der Waals surface area contributed by atoms with Gasteiger partial charge < -0.3 is 21.1 Å². The number of methoxy groups -OCH3 is 1. The highest BCUT2D eigenvalue weighted by molar-refractivity contribution is 7.18. The monoisotopic (exact) mass is 296 g/mol. The van der Waals surface area contributed by atoms with Crippen molar-refractivity contribution in [2.45, 2.75) is 25.8 Å². The quantitative estimate of drug-likeness (QED) is 0.497. The van der Waals surface area contributed by atoms with Crippen molar-refractivity contribution in [1.29, 1.82) is 0 Å². The number of nitrogen functional groups attached to an aromatic ring is 1. The van der Waals surface area contributed by atoms with Crippen LogP contribution in [0.15, 0.2) is 0 Å². The lowest BCUT2D eigenvalue weighted by atomic mass is 10.1. The minimum atomic E-state index is -0.234. The lowest BCUT2D eigenvalue weighted by Crippen LogP contribution is -2.33. The molecule has 7 heteroatoms.